The lowest BCUT2D eigenvalue weighted by atomic mass is 9.97. The van der Waals surface area contributed by atoms with Gasteiger partial charge in [-0.3, -0.25) is 4.90 Å². The van der Waals surface area contributed by atoms with Gasteiger partial charge in [-0.2, -0.15) is 0 Å². The molecule has 1 heterocycles. The maximum atomic E-state index is 3.44. The van der Waals surface area contributed by atoms with Gasteiger partial charge >= 0.3 is 0 Å². The Morgan fingerprint density at radius 1 is 1.12 bits per heavy atom. The van der Waals surface area contributed by atoms with E-state index in [0.29, 0.717) is 5.54 Å². The number of benzene rings is 1. The Morgan fingerprint density at radius 3 is 2.44 bits per heavy atom. The van der Waals surface area contributed by atoms with Crippen LogP contribution in [-0.4, -0.2) is 31.1 Å². The Bertz CT molecular complexity index is 376. The van der Waals surface area contributed by atoms with Crippen molar-refractivity contribution in [3.63, 3.8) is 0 Å². The highest BCUT2D eigenvalue weighted by Gasteiger charge is 2.49. The minimum Gasteiger partial charge on any atom is -0.314 e. The molecule has 1 aromatic carbocycles. The molecule has 0 unspecified atom stereocenters. The number of aryl methyl sites for hydroxylation is 1. The molecular formula is C14H20N2. The van der Waals surface area contributed by atoms with Crippen LogP contribution in [0, 0.1) is 6.92 Å². The van der Waals surface area contributed by atoms with Gasteiger partial charge < -0.3 is 5.32 Å². The highest BCUT2D eigenvalue weighted by atomic mass is 15.3. The van der Waals surface area contributed by atoms with Gasteiger partial charge in [0.2, 0.25) is 0 Å². The van der Waals surface area contributed by atoms with Gasteiger partial charge in [-0.15, -0.1) is 0 Å². The Morgan fingerprint density at radius 2 is 1.81 bits per heavy atom. The second kappa shape index (κ2) is 3.86. The molecule has 16 heavy (non-hydrogen) atoms. The molecule has 0 atom stereocenters. The number of nitrogens with zero attached hydrogens (tertiary/aromatic N) is 1. The molecule has 0 amide bonds. The van der Waals surface area contributed by atoms with Crippen molar-refractivity contribution in [1.82, 2.24) is 10.2 Å². The SMILES string of the molecule is Cc1ccccc1C1(N2CCNCC2)CC1. The van der Waals surface area contributed by atoms with Crippen LogP contribution in [0.1, 0.15) is 24.0 Å². The van der Waals surface area contributed by atoms with Crippen LogP contribution in [0.15, 0.2) is 24.3 Å². The third kappa shape index (κ3) is 1.57. The summed E-state index contributed by atoms with van der Waals surface area (Å²) in [5, 5.41) is 3.44. The Balaban J connectivity index is 1.90. The first kappa shape index (κ1) is 10.3. The minimum absolute atomic E-state index is 0.396. The average molecular weight is 216 g/mol. The summed E-state index contributed by atoms with van der Waals surface area (Å²) in [6.07, 6.45) is 2.69. The number of rotatable bonds is 2. The van der Waals surface area contributed by atoms with Gasteiger partial charge in [0.05, 0.1) is 0 Å². The Kier molecular flexibility index (Phi) is 2.49. The number of nitrogens with one attached hydrogen (secondary N) is 1. The molecule has 1 aromatic rings. The third-order valence-corrected chi connectivity index (χ3v) is 4.09. The van der Waals surface area contributed by atoms with Crippen LogP contribution in [0.3, 0.4) is 0 Å². The zero-order valence-electron chi connectivity index (χ0n) is 10.00. The summed E-state index contributed by atoms with van der Waals surface area (Å²) in [4.78, 5) is 2.69. The number of hydrogen-bond acceptors (Lipinski definition) is 2. The van der Waals surface area contributed by atoms with E-state index in [1.54, 1.807) is 5.56 Å². The maximum Gasteiger partial charge on any atom is 0.0465 e. The first-order valence-electron chi connectivity index (χ1n) is 6.35. The highest BCUT2D eigenvalue weighted by molar-refractivity contribution is 5.37. The molecule has 0 spiro atoms. The molecule has 1 saturated heterocycles. The second-order valence-electron chi connectivity index (χ2n) is 5.08. The molecule has 3 rings (SSSR count). The zero-order valence-corrected chi connectivity index (χ0v) is 10.00. The molecule has 86 valence electrons. The lowest BCUT2D eigenvalue weighted by Crippen LogP contribution is -2.48. The van der Waals surface area contributed by atoms with Crippen molar-refractivity contribution < 1.29 is 0 Å². The third-order valence-electron chi connectivity index (χ3n) is 4.09. The second-order valence-corrected chi connectivity index (χ2v) is 5.08. The summed E-state index contributed by atoms with van der Waals surface area (Å²) >= 11 is 0. The van der Waals surface area contributed by atoms with E-state index in [-0.39, 0.29) is 0 Å². The first-order valence-corrected chi connectivity index (χ1v) is 6.35. The molecule has 1 N–H and O–H groups in total. The molecule has 0 aromatic heterocycles. The largest absolute Gasteiger partial charge is 0.314 e. The normalized spacial score (nSPS) is 24.3. The zero-order chi connectivity index (χ0) is 11.0. The van der Waals surface area contributed by atoms with Gasteiger partial charge in [-0.1, -0.05) is 24.3 Å². The topological polar surface area (TPSA) is 15.3 Å². The van der Waals surface area contributed by atoms with Crippen LogP contribution in [0.2, 0.25) is 0 Å². The summed E-state index contributed by atoms with van der Waals surface area (Å²) < 4.78 is 0. The Labute approximate surface area is 97.6 Å². The summed E-state index contributed by atoms with van der Waals surface area (Å²) in [6, 6.07) is 8.90. The highest BCUT2D eigenvalue weighted by Crippen LogP contribution is 2.51. The minimum atomic E-state index is 0.396. The summed E-state index contributed by atoms with van der Waals surface area (Å²) in [7, 11) is 0. The van der Waals surface area contributed by atoms with Crippen molar-refractivity contribution in [3.05, 3.63) is 35.4 Å². The molecule has 2 fully saturated rings. The molecule has 2 aliphatic rings. The van der Waals surface area contributed by atoms with E-state index >= 15 is 0 Å². The van der Waals surface area contributed by atoms with Crippen molar-refractivity contribution >= 4 is 0 Å². The molecule has 2 heteroatoms. The average Bonchev–Trinajstić information content (AvgIpc) is 3.12. The number of piperazine rings is 1. The van der Waals surface area contributed by atoms with Crippen molar-refractivity contribution in [2.75, 3.05) is 26.2 Å². The molecule has 1 aliphatic heterocycles. The monoisotopic (exact) mass is 216 g/mol. The van der Waals surface area contributed by atoms with Crippen LogP contribution in [0.4, 0.5) is 0 Å². The Hall–Kier alpha value is -0.860. The predicted octanol–water partition coefficient (Wildman–Crippen LogP) is 1.89. The van der Waals surface area contributed by atoms with E-state index in [9.17, 15) is 0 Å². The predicted molar refractivity (Wildman–Crippen MR) is 66.5 cm³/mol. The van der Waals surface area contributed by atoms with Crippen LogP contribution in [0.25, 0.3) is 0 Å². The van der Waals surface area contributed by atoms with Gasteiger partial charge in [0.1, 0.15) is 0 Å². The van der Waals surface area contributed by atoms with E-state index in [2.05, 4.69) is 41.4 Å². The standard InChI is InChI=1S/C14H20N2/c1-12-4-2-3-5-13(12)14(6-7-14)16-10-8-15-9-11-16/h2-5,15H,6-11H2,1H3. The van der Waals surface area contributed by atoms with Crippen molar-refractivity contribution in [1.29, 1.82) is 0 Å². The van der Waals surface area contributed by atoms with Crippen LogP contribution >= 0.6 is 0 Å². The van der Waals surface area contributed by atoms with E-state index in [4.69, 9.17) is 0 Å². The lowest BCUT2D eigenvalue weighted by molar-refractivity contribution is 0.154. The first-order chi connectivity index (χ1) is 7.83. The smallest absolute Gasteiger partial charge is 0.0465 e. The van der Waals surface area contributed by atoms with Gasteiger partial charge in [0.25, 0.3) is 0 Å². The van der Waals surface area contributed by atoms with Gasteiger partial charge in [0.15, 0.2) is 0 Å². The summed E-state index contributed by atoms with van der Waals surface area (Å²) in [5.41, 5.74) is 3.42. The van der Waals surface area contributed by atoms with Gasteiger partial charge in [0, 0.05) is 31.7 Å². The van der Waals surface area contributed by atoms with Crippen LogP contribution in [0.5, 0.6) is 0 Å². The van der Waals surface area contributed by atoms with Crippen molar-refractivity contribution in [3.8, 4) is 0 Å². The van der Waals surface area contributed by atoms with E-state index < -0.39 is 0 Å². The molecule has 0 bridgehead atoms. The molecular weight excluding hydrogens is 196 g/mol. The molecule has 0 radical (unpaired) electrons. The number of hydrogen-bond donors (Lipinski definition) is 1. The van der Waals surface area contributed by atoms with Gasteiger partial charge in [-0.25, -0.2) is 0 Å². The van der Waals surface area contributed by atoms with Crippen molar-refractivity contribution in [2.45, 2.75) is 25.3 Å². The lowest BCUT2D eigenvalue weighted by Gasteiger charge is -2.36. The van der Waals surface area contributed by atoms with E-state index in [1.165, 1.54) is 31.5 Å². The molecule has 1 saturated carbocycles. The summed E-state index contributed by atoms with van der Waals surface area (Å²) in [6.45, 7) is 6.95. The fraction of sp³-hybridized carbons (Fsp3) is 0.571. The van der Waals surface area contributed by atoms with Crippen LogP contribution in [-0.2, 0) is 5.54 Å². The van der Waals surface area contributed by atoms with Gasteiger partial charge in [-0.05, 0) is 30.9 Å². The quantitative estimate of drug-likeness (QED) is 0.812. The fourth-order valence-electron chi connectivity index (χ4n) is 3.06. The summed E-state index contributed by atoms with van der Waals surface area (Å²) in [5.74, 6) is 0. The maximum absolute atomic E-state index is 3.44. The van der Waals surface area contributed by atoms with E-state index in [0.717, 1.165) is 13.1 Å². The van der Waals surface area contributed by atoms with E-state index in [1.807, 2.05) is 0 Å². The van der Waals surface area contributed by atoms with Crippen LogP contribution < -0.4 is 5.32 Å². The molecule has 2 nitrogen and oxygen atoms in total. The molecule has 1 aliphatic carbocycles. The van der Waals surface area contributed by atoms with Crippen molar-refractivity contribution in [2.24, 2.45) is 0 Å². The fourth-order valence-corrected chi connectivity index (χ4v) is 3.06.